The van der Waals surface area contributed by atoms with Gasteiger partial charge in [0.1, 0.15) is 6.07 Å². The van der Waals surface area contributed by atoms with Crippen molar-refractivity contribution >= 4 is 28.7 Å². The van der Waals surface area contributed by atoms with E-state index in [1.807, 2.05) is 39.8 Å². The third kappa shape index (κ3) is 3.02. The van der Waals surface area contributed by atoms with Crippen molar-refractivity contribution in [3.63, 3.8) is 0 Å². The van der Waals surface area contributed by atoms with Crippen LogP contribution in [-0.4, -0.2) is 22.0 Å². The molecule has 0 saturated carbocycles. The van der Waals surface area contributed by atoms with Gasteiger partial charge in [0, 0.05) is 28.5 Å². The smallest absolute Gasteiger partial charge is 0.152 e. The molecule has 0 saturated heterocycles. The number of aromatic nitrogens is 2. The van der Waals surface area contributed by atoms with Crippen molar-refractivity contribution in [3.05, 3.63) is 63.9 Å². The lowest BCUT2D eigenvalue weighted by Gasteiger charge is -2.11. The Morgan fingerprint density at radius 3 is 2.46 bits per heavy atom. The number of allylic oxidation sites excluding steroid dienone is 2. The number of hydrogen-bond acceptors (Lipinski definition) is 5. The Hall–Kier alpha value is -2.91. The summed E-state index contributed by atoms with van der Waals surface area (Å²) >= 11 is 1.55. The maximum atomic E-state index is 11.4. The van der Waals surface area contributed by atoms with Crippen LogP contribution in [0.15, 0.2) is 51.3 Å². The van der Waals surface area contributed by atoms with Gasteiger partial charge in [-0.15, -0.1) is 0 Å². The lowest BCUT2D eigenvalue weighted by atomic mass is 10.1. The zero-order valence-corrected chi connectivity index (χ0v) is 15.9. The molecule has 6 heteroatoms. The van der Waals surface area contributed by atoms with Gasteiger partial charge in [0.15, 0.2) is 6.29 Å². The summed E-state index contributed by atoms with van der Waals surface area (Å²) in [7, 11) is 0. The van der Waals surface area contributed by atoms with Crippen LogP contribution in [0.4, 0.5) is 0 Å². The molecule has 5 nitrogen and oxygen atoms in total. The molecular weight excluding hydrogens is 344 g/mol. The van der Waals surface area contributed by atoms with E-state index in [1.54, 1.807) is 24.2 Å². The highest BCUT2D eigenvalue weighted by atomic mass is 32.2. The van der Waals surface area contributed by atoms with E-state index in [9.17, 15) is 10.1 Å². The van der Waals surface area contributed by atoms with Crippen molar-refractivity contribution in [2.45, 2.75) is 32.6 Å². The number of H-pyrrole nitrogens is 1. The van der Waals surface area contributed by atoms with Gasteiger partial charge in [-0.3, -0.25) is 14.8 Å². The van der Waals surface area contributed by atoms with E-state index in [-0.39, 0.29) is 0 Å². The highest BCUT2D eigenvalue weighted by Crippen LogP contribution is 2.43. The first-order chi connectivity index (χ1) is 12.5. The molecule has 1 N–H and O–H groups in total. The van der Waals surface area contributed by atoms with E-state index in [4.69, 9.17) is 0 Å². The lowest BCUT2D eigenvalue weighted by molar-refractivity contribution is 0.112. The molecular formula is C20H18N4OS. The molecule has 0 spiro atoms. The summed E-state index contributed by atoms with van der Waals surface area (Å²) in [6.07, 6.45) is 4.35. The highest BCUT2D eigenvalue weighted by molar-refractivity contribution is 8.08. The molecule has 0 atom stereocenters. The number of carbonyl (C=O) groups excluding carboxylic acids is 1. The molecule has 26 heavy (non-hydrogen) atoms. The van der Waals surface area contributed by atoms with E-state index in [2.05, 4.69) is 21.0 Å². The molecule has 3 rings (SSSR count). The van der Waals surface area contributed by atoms with Gasteiger partial charge < -0.3 is 4.98 Å². The van der Waals surface area contributed by atoms with Crippen molar-refractivity contribution < 1.29 is 4.79 Å². The molecule has 0 radical (unpaired) electrons. The highest BCUT2D eigenvalue weighted by Gasteiger charge is 2.25. The molecule has 0 bridgehead atoms. The summed E-state index contributed by atoms with van der Waals surface area (Å²) in [6, 6.07) is 6.08. The molecule has 1 aliphatic rings. The van der Waals surface area contributed by atoms with Crippen LogP contribution in [0.5, 0.6) is 0 Å². The Morgan fingerprint density at radius 1 is 1.23 bits per heavy atom. The van der Waals surface area contributed by atoms with Crippen LogP contribution < -0.4 is 0 Å². The fourth-order valence-corrected chi connectivity index (χ4v) is 4.09. The van der Waals surface area contributed by atoms with Gasteiger partial charge in [-0.05, 0) is 51.0 Å². The fourth-order valence-electron chi connectivity index (χ4n) is 2.99. The maximum Gasteiger partial charge on any atom is 0.152 e. The second-order valence-corrected chi connectivity index (χ2v) is 7.14. The van der Waals surface area contributed by atoms with Crippen LogP contribution in [0, 0.1) is 25.2 Å². The van der Waals surface area contributed by atoms with Crippen molar-refractivity contribution in [1.29, 1.82) is 5.26 Å². The van der Waals surface area contributed by atoms with Gasteiger partial charge in [0.25, 0.3) is 0 Å². The molecule has 0 aliphatic carbocycles. The van der Waals surface area contributed by atoms with Gasteiger partial charge >= 0.3 is 0 Å². The minimum Gasteiger partial charge on any atom is -0.357 e. The number of thioether (sulfide) groups is 1. The lowest BCUT2D eigenvalue weighted by Crippen LogP contribution is -1.92. The average Bonchev–Trinajstić information content (AvgIpc) is 3.08. The first-order valence-electron chi connectivity index (χ1n) is 8.11. The summed E-state index contributed by atoms with van der Waals surface area (Å²) in [5.74, 6) is 0. The van der Waals surface area contributed by atoms with Crippen LogP contribution >= 0.6 is 11.8 Å². The van der Waals surface area contributed by atoms with Crippen LogP contribution in [0.1, 0.15) is 41.2 Å². The molecule has 0 aromatic carbocycles. The van der Waals surface area contributed by atoms with Gasteiger partial charge in [-0.1, -0.05) is 11.8 Å². The van der Waals surface area contributed by atoms with Crippen molar-refractivity contribution in [2.24, 2.45) is 4.99 Å². The zero-order chi connectivity index (χ0) is 18.8. The fraction of sp³-hybridized carbons (Fsp3) is 0.200. The van der Waals surface area contributed by atoms with Crippen LogP contribution in [0.25, 0.3) is 4.91 Å². The summed E-state index contributed by atoms with van der Waals surface area (Å²) in [5.41, 5.74) is 6.15. The van der Waals surface area contributed by atoms with Gasteiger partial charge in [-0.2, -0.15) is 5.26 Å². The van der Waals surface area contributed by atoms with Crippen LogP contribution in [0.2, 0.25) is 0 Å². The van der Waals surface area contributed by atoms with Crippen LogP contribution in [-0.2, 0) is 0 Å². The molecule has 130 valence electrons. The van der Waals surface area contributed by atoms with E-state index in [0.29, 0.717) is 16.8 Å². The first-order valence-corrected chi connectivity index (χ1v) is 8.93. The Kier molecular flexibility index (Phi) is 4.92. The number of hydrogen-bond donors (Lipinski definition) is 1. The topological polar surface area (TPSA) is 81.9 Å². The normalized spacial score (nSPS) is 15.7. The summed E-state index contributed by atoms with van der Waals surface area (Å²) in [6.45, 7) is 7.55. The first kappa shape index (κ1) is 17.9. The van der Waals surface area contributed by atoms with Crippen molar-refractivity contribution in [2.75, 3.05) is 0 Å². The number of aliphatic imine (C=N–C) groups is 1. The largest absolute Gasteiger partial charge is 0.357 e. The van der Waals surface area contributed by atoms with Gasteiger partial charge in [0.2, 0.25) is 0 Å². The minimum absolute atomic E-state index is 0.601. The number of rotatable bonds is 4. The number of aldehydes is 1. The second kappa shape index (κ2) is 7.14. The number of pyridine rings is 1. The maximum absolute atomic E-state index is 11.4. The number of aryl methyl sites for hydroxylation is 1. The van der Waals surface area contributed by atoms with Crippen molar-refractivity contribution in [1.82, 2.24) is 9.97 Å². The summed E-state index contributed by atoms with van der Waals surface area (Å²) < 4.78 is 0. The third-order valence-electron chi connectivity index (χ3n) is 4.41. The minimum atomic E-state index is 0.601. The van der Waals surface area contributed by atoms with E-state index in [0.717, 1.165) is 44.3 Å². The molecule has 0 fully saturated rings. The predicted octanol–water partition coefficient (Wildman–Crippen LogP) is 4.61. The standard InChI is InChI=1S/C20H18N4OS/c1-11-16(9-21)13(3)23-18(11)20(26-15-5-7-22-8-6-15)19-12(2)17(10-25)14(4)24-19/h5-8,10,24H,1-4H3/b20-18+. The SMILES string of the molecule is CC1=N/C(=C(/Sc2ccncc2)c2[nH]c(C)c(C=O)c2C)C(C)=C1C#N. The van der Waals surface area contributed by atoms with Crippen LogP contribution in [0.3, 0.4) is 0 Å². The Balaban J connectivity index is 2.26. The molecule has 0 amide bonds. The molecule has 1 aliphatic heterocycles. The van der Waals surface area contributed by atoms with Gasteiger partial charge in [-0.25, -0.2) is 0 Å². The number of nitriles is 1. The molecule has 3 heterocycles. The predicted molar refractivity (Wildman–Crippen MR) is 104 cm³/mol. The molecule has 0 unspecified atom stereocenters. The second-order valence-electron chi connectivity index (χ2n) is 6.05. The van der Waals surface area contributed by atoms with Gasteiger partial charge in [0.05, 0.1) is 27.6 Å². The average molecular weight is 362 g/mol. The monoisotopic (exact) mass is 362 g/mol. The number of nitrogens with one attached hydrogen (secondary N) is 1. The number of aromatic amines is 1. The number of nitrogens with zero attached hydrogens (tertiary/aromatic N) is 3. The van der Waals surface area contributed by atoms with Crippen molar-refractivity contribution in [3.8, 4) is 6.07 Å². The molecule has 2 aromatic heterocycles. The number of carbonyl (C=O) groups is 1. The van der Waals surface area contributed by atoms with E-state index < -0.39 is 0 Å². The Labute approximate surface area is 156 Å². The van der Waals surface area contributed by atoms with E-state index in [1.165, 1.54) is 0 Å². The van der Waals surface area contributed by atoms with E-state index >= 15 is 0 Å². The molecule has 2 aromatic rings. The quantitative estimate of drug-likeness (QED) is 0.636. The summed E-state index contributed by atoms with van der Waals surface area (Å²) in [5, 5.41) is 9.43. The Morgan fingerprint density at radius 2 is 1.92 bits per heavy atom. The Bertz CT molecular complexity index is 1020. The summed E-state index contributed by atoms with van der Waals surface area (Å²) in [4.78, 5) is 25.4. The third-order valence-corrected chi connectivity index (χ3v) is 5.52. The zero-order valence-electron chi connectivity index (χ0n) is 15.0.